The molecule has 0 atom stereocenters. The van der Waals surface area contributed by atoms with Crippen molar-refractivity contribution in [3.05, 3.63) is 93.0 Å². The lowest BCUT2D eigenvalue weighted by atomic mass is 10.1. The van der Waals surface area contributed by atoms with E-state index in [9.17, 15) is 14.9 Å². The molecular formula is C24H19N3O5S2. The van der Waals surface area contributed by atoms with Crippen LogP contribution in [0.5, 0.6) is 17.4 Å². The maximum absolute atomic E-state index is 13.0. The van der Waals surface area contributed by atoms with Gasteiger partial charge >= 0.3 is 0 Å². The molecule has 0 aliphatic carbocycles. The standard InChI is InChI=1S/C24H19N3O5S2/c1-2-31-20-12-17(8-10-19(20)32-22-11-9-18(14-25-22)27(29)30)13-21-23(28)26(24(33)34-21)15-16-6-4-3-5-7-16/h3-14H,2,15H2,1H3/b21-13+. The Labute approximate surface area is 205 Å². The van der Waals surface area contributed by atoms with Crippen LogP contribution in [0.3, 0.4) is 0 Å². The predicted octanol–water partition coefficient (Wildman–Crippen LogP) is 5.58. The normalized spacial score (nSPS) is 14.5. The molecule has 1 saturated heterocycles. The Balaban J connectivity index is 1.54. The van der Waals surface area contributed by atoms with Crippen molar-refractivity contribution in [2.45, 2.75) is 13.5 Å². The molecule has 0 saturated carbocycles. The first kappa shape index (κ1) is 23.4. The molecule has 4 rings (SSSR count). The number of nitro groups is 1. The highest BCUT2D eigenvalue weighted by atomic mass is 32.2. The molecule has 1 aliphatic heterocycles. The van der Waals surface area contributed by atoms with Gasteiger partial charge in [-0.25, -0.2) is 4.98 Å². The number of aromatic nitrogens is 1. The third-order valence-electron chi connectivity index (χ3n) is 4.77. The van der Waals surface area contributed by atoms with E-state index in [1.165, 1.54) is 23.9 Å². The topological polar surface area (TPSA) is 94.8 Å². The maximum atomic E-state index is 13.0. The average molecular weight is 494 g/mol. The largest absolute Gasteiger partial charge is 0.490 e. The van der Waals surface area contributed by atoms with Gasteiger partial charge in [-0.1, -0.05) is 60.4 Å². The van der Waals surface area contributed by atoms with Gasteiger partial charge in [0.25, 0.3) is 11.6 Å². The molecule has 8 nitrogen and oxygen atoms in total. The molecule has 3 aromatic rings. The van der Waals surface area contributed by atoms with E-state index in [-0.39, 0.29) is 17.5 Å². The minimum Gasteiger partial charge on any atom is -0.490 e. The van der Waals surface area contributed by atoms with E-state index in [2.05, 4.69) is 4.98 Å². The van der Waals surface area contributed by atoms with Crippen molar-refractivity contribution >= 4 is 46.0 Å². The van der Waals surface area contributed by atoms with Crippen LogP contribution in [0.25, 0.3) is 6.08 Å². The van der Waals surface area contributed by atoms with Gasteiger partial charge < -0.3 is 9.47 Å². The number of hydrogen-bond donors (Lipinski definition) is 0. The maximum Gasteiger partial charge on any atom is 0.287 e. The Morgan fingerprint density at radius 2 is 1.94 bits per heavy atom. The molecule has 10 heteroatoms. The number of pyridine rings is 1. The van der Waals surface area contributed by atoms with Crippen LogP contribution in [0.1, 0.15) is 18.1 Å². The van der Waals surface area contributed by atoms with Crippen LogP contribution in [0.15, 0.2) is 71.8 Å². The second-order valence-electron chi connectivity index (χ2n) is 7.11. The third kappa shape index (κ3) is 5.41. The van der Waals surface area contributed by atoms with E-state index < -0.39 is 4.92 Å². The summed E-state index contributed by atoms with van der Waals surface area (Å²) in [5.41, 5.74) is 1.62. The number of thioether (sulfide) groups is 1. The van der Waals surface area contributed by atoms with Crippen LogP contribution >= 0.6 is 24.0 Å². The summed E-state index contributed by atoms with van der Waals surface area (Å²) in [6.45, 7) is 2.66. The lowest BCUT2D eigenvalue weighted by Gasteiger charge is -2.14. The molecule has 2 aromatic carbocycles. The van der Waals surface area contributed by atoms with Gasteiger partial charge in [0.15, 0.2) is 11.5 Å². The van der Waals surface area contributed by atoms with Crippen LogP contribution in [0, 0.1) is 10.1 Å². The number of benzene rings is 2. The van der Waals surface area contributed by atoms with Crippen molar-refractivity contribution in [1.29, 1.82) is 0 Å². The number of thiocarbonyl (C=S) groups is 1. The average Bonchev–Trinajstić information content (AvgIpc) is 3.09. The minimum absolute atomic E-state index is 0.127. The Bertz CT molecular complexity index is 1260. The van der Waals surface area contributed by atoms with Crippen molar-refractivity contribution in [2.75, 3.05) is 6.61 Å². The monoisotopic (exact) mass is 493 g/mol. The summed E-state index contributed by atoms with van der Waals surface area (Å²) >= 11 is 6.69. The van der Waals surface area contributed by atoms with E-state index >= 15 is 0 Å². The molecule has 1 fully saturated rings. The predicted molar refractivity (Wildman–Crippen MR) is 134 cm³/mol. The van der Waals surface area contributed by atoms with Gasteiger partial charge in [-0.3, -0.25) is 19.8 Å². The molecule has 34 heavy (non-hydrogen) atoms. The first-order valence-corrected chi connectivity index (χ1v) is 11.5. The van der Waals surface area contributed by atoms with Gasteiger partial charge in [0.2, 0.25) is 5.88 Å². The first-order chi connectivity index (χ1) is 16.4. The summed E-state index contributed by atoms with van der Waals surface area (Å²) in [7, 11) is 0. The zero-order valence-corrected chi connectivity index (χ0v) is 19.7. The van der Waals surface area contributed by atoms with Crippen LogP contribution < -0.4 is 9.47 Å². The van der Waals surface area contributed by atoms with Gasteiger partial charge in [-0.15, -0.1) is 0 Å². The number of ether oxygens (including phenoxy) is 2. The summed E-state index contributed by atoms with van der Waals surface area (Å²) < 4.78 is 12.0. The van der Waals surface area contributed by atoms with Gasteiger partial charge in [-0.05, 0) is 36.3 Å². The van der Waals surface area contributed by atoms with Crippen LogP contribution in [-0.4, -0.2) is 31.6 Å². The zero-order chi connectivity index (χ0) is 24.1. The Kier molecular flexibility index (Phi) is 7.19. The summed E-state index contributed by atoms with van der Waals surface area (Å²) in [5.74, 6) is 0.904. The minimum atomic E-state index is -0.528. The number of carbonyl (C=O) groups excluding carboxylic acids is 1. The Hall–Kier alpha value is -3.76. The van der Waals surface area contributed by atoms with Gasteiger partial charge in [0.05, 0.1) is 23.0 Å². The molecule has 2 heterocycles. The van der Waals surface area contributed by atoms with Gasteiger partial charge in [0.1, 0.15) is 10.5 Å². The third-order valence-corrected chi connectivity index (χ3v) is 6.15. The molecular weight excluding hydrogens is 474 g/mol. The van der Waals surface area contributed by atoms with E-state index in [4.69, 9.17) is 21.7 Å². The van der Waals surface area contributed by atoms with Crippen molar-refractivity contribution in [2.24, 2.45) is 0 Å². The van der Waals surface area contributed by atoms with Crippen LogP contribution in [-0.2, 0) is 11.3 Å². The smallest absolute Gasteiger partial charge is 0.287 e. The van der Waals surface area contributed by atoms with E-state index in [1.54, 1.807) is 29.2 Å². The number of nitrogens with zero attached hydrogens (tertiary/aromatic N) is 3. The molecule has 0 radical (unpaired) electrons. The molecule has 1 amide bonds. The summed E-state index contributed by atoms with van der Waals surface area (Å²) in [5, 5.41) is 10.8. The van der Waals surface area contributed by atoms with Crippen LogP contribution in [0.2, 0.25) is 0 Å². The number of carbonyl (C=O) groups is 1. The highest BCUT2D eigenvalue weighted by Crippen LogP contribution is 2.36. The van der Waals surface area contributed by atoms with Crippen molar-refractivity contribution in [3.8, 4) is 17.4 Å². The number of rotatable bonds is 8. The van der Waals surface area contributed by atoms with E-state index in [0.717, 1.165) is 17.3 Å². The van der Waals surface area contributed by atoms with Crippen molar-refractivity contribution in [3.63, 3.8) is 0 Å². The highest BCUT2D eigenvalue weighted by molar-refractivity contribution is 8.26. The van der Waals surface area contributed by atoms with Gasteiger partial charge in [0, 0.05) is 12.1 Å². The fourth-order valence-electron chi connectivity index (χ4n) is 3.17. The van der Waals surface area contributed by atoms with Crippen molar-refractivity contribution in [1.82, 2.24) is 9.88 Å². The molecule has 1 aliphatic rings. The lowest BCUT2D eigenvalue weighted by molar-refractivity contribution is -0.385. The Morgan fingerprint density at radius 1 is 1.15 bits per heavy atom. The van der Waals surface area contributed by atoms with Gasteiger partial charge in [-0.2, -0.15) is 0 Å². The molecule has 0 spiro atoms. The molecule has 0 bridgehead atoms. The SMILES string of the molecule is CCOc1cc(/C=C2/SC(=S)N(Cc3ccccc3)C2=O)ccc1Oc1ccc([N+](=O)[O-])cn1. The quantitative estimate of drug-likeness (QED) is 0.174. The summed E-state index contributed by atoms with van der Waals surface area (Å²) in [4.78, 5) is 29.3. The fourth-order valence-corrected chi connectivity index (χ4v) is 4.43. The summed E-state index contributed by atoms with van der Waals surface area (Å²) in [6.07, 6.45) is 2.89. The van der Waals surface area contributed by atoms with Crippen LogP contribution in [0.4, 0.5) is 5.69 Å². The van der Waals surface area contributed by atoms with Crippen molar-refractivity contribution < 1.29 is 19.2 Å². The second kappa shape index (κ2) is 10.4. The first-order valence-electron chi connectivity index (χ1n) is 10.3. The zero-order valence-electron chi connectivity index (χ0n) is 18.0. The number of amides is 1. The molecule has 0 N–H and O–H groups in total. The molecule has 0 unspecified atom stereocenters. The summed E-state index contributed by atoms with van der Waals surface area (Å²) in [6, 6.07) is 17.7. The highest BCUT2D eigenvalue weighted by Gasteiger charge is 2.32. The number of hydrogen-bond acceptors (Lipinski definition) is 8. The van der Waals surface area contributed by atoms with E-state index in [0.29, 0.717) is 33.9 Å². The fraction of sp³-hybridized carbons (Fsp3) is 0.125. The second-order valence-corrected chi connectivity index (χ2v) is 8.78. The Morgan fingerprint density at radius 3 is 2.62 bits per heavy atom. The lowest BCUT2D eigenvalue weighted by Crippen LogP contribution is -2.27. The molecule has 1 aromatic heterocycles. The molecule has 172 valence electrons. The van der Waals surface area contributed by atoms with E-state index in [1.807, 2.05) is 37.3 Å².